The van der Waals surface area contributed by atoms with Gasteiger partial charge in [-0.2, -0.15) is 0 Å². The molecule has 0 spiro atoms. The first kappa shape index (κ1) is 14.2. The molecule has 0 aliphatic rings. The number of rotatable bonds is 4. The average molecular weight is 186 g/mol. The molecule has 5 heteroatoms. The SMILES string of the molecule is CC(C)(CC(=O)O)CC(=O)O.[H-].[H-].[Mg+2]. The van der Waals surface area contributed by atoms with Crippen LogP contribution in [0, 0.1) is 5.41 Å². The Bertz CT molecular complexity index is 167. The molecular formula is C7H14MgO4. The summed E-state index contributed by atoms with van der Waals surface area (Å²) in [7, 11) is 0. The number of carboxylic acids is 2. The van der Waals surface area contributed by atoms with Crippen LogP contribution in [-0.4, -0.2) is 45.2 Å². The standard InChI is InChI=1S/C7H12O4.Mg.2H/c1-7(2,3-5(8)9)4-6(10)11;;;/h3-4H2,1-2H3,(H,8,9)(H,10,11);;;/q;+2;2*-1. The normalized spacial score (nSPS) is 10.2. The fraction of sp³-hybridized carbons (Fsp3) is 0.714. The molecular weight excluding hydrogens is 172 g/mol. The second-order valence-corrected chi connectivity index (χ2v) is 3.31. The number of carbonyl (C=O) groups is 2. The Hall–Kier alpha value is -0.294. The molecule has 68 valence electrons. The minimum atomic E-state index is -0.962. The molecule has 0 bridgehead atoms. The van der Waals surface area contributed by atoms with E-state index in [0.29, 0.717) is 0 Å². The molecule has 0 atom stereocenters. The van der Waals surface area contributed by atoms with Crippen molar-refractivity contribution in [3.63, 3.8) is 0 Å². The van der Waals surface area contributed by atoms with E-state index in [1.54, 1.807) is 13.8 Å². The molecule has 0 rings (SSSR count). The van der Waals surface area contributed by atoms with Gasteiger partial charge in [0.2, 0.25) is 0 Å². The van der Waals surface area contributed by atoms with E-state index in [9.17, 15) is 9.59 Å². The first-order chi connectivity index (χ1) is 4.83. The molecule has 0 unspecified atom stereocenters. The summed E-state index contributed by atoms with van der Waals surface area (Å²) in [5, 5.41) is 16.7. The summed E-state index contributed by atoms with van der Waals surface area (Å²) in [5.74, 6) is -1.92. The number of carboxylic acid groups (broad SMARTS) is 2. The Morgan fingerprint density at radius 3 is 1.58 bits per heavy atom. The minimum Gasteiger partial charge on any atom is -1.00 e. The molecule has 0 saturated carbocycles. The predicted molar refractivity (Wildman–Crippen MR) is 46.3 cm³/mol. The first-order valence-electron chi connectivity index (χ1n) is 3.27. The number of aliphatic carboxylic acids is 2. The van der Waals surface area contributed by atoms with E-state index in [1.165, 1.54) is 0 Å². The maximum atomic E-state index is 10.2. The quantitative estimate of drug-likeness (QED) is 0.637. The molecule has 0 fully saturated rings. The topological polar surface area (TPSA) is 74.6 Å². The van der Waals surface area contributed by atoms with Crippen LogP contribution in [0.1, 0.15) is 29.5 Å². The van der Waals surface area contributed by atoms with E-state index in [1.807, 2.05) is 0 Å². The zero-order valence-electron chi connectivity index (χ0n) is 9.33. The van der Waals surface area contributed by atoms with E-state index in [0.717, 1.165) is 0 Å². The van der Waals surface area contributed by atoms with Crippen LogP contribution >= 0.6 is 0 Å². The molecule has 0 aromatic carbocycles. The van der Waals surface area contributed by atoms with Gasteiger partial charge >= 0.3 is 35.0 Å². The summed E-state index contributed by atoms with van der Waals surface area (Å²) in [4.78, 5) is 20.4. The van der Waals surface area contributed by atoms with Crippen molar-refractivity contribution in [2.75, 3.05) is 0 Å². The summed E-state index contributed by atoms with van der Waals surface area (Å²) in [6.45, 7) is 3.24. The Balaban J connectivity index is -0.000000167. The van der Waals surface area contributed by atoms with Crippen molar-refractivity contribution >= 4 is 35.0 Å². The van der Waals surface area contributed by atoms with Crippen molar-refractivity contribution in [2.24, 2.45) is 5.41 Å². The van der Waals surface area contributed by atoms with Crippen LogP contribution in [0.5, 0.6) is 0 Å². The van der Waals surface area contributed by atoms with Crippen molar-refractivity contribution in [3.8, 4) is 0 Å². The van der Waals surface area contributed by atoms with Gasteiger partial charge in [0.25, 0.3) is 0 Å². The summed E-state index contributed by atoms with van der Waals surface area (Å²) >= 11 is 0. The predicted octanol–water partition coefficient (Wildman–Crippen LogP) is 0.806. The molecule has 12 heavy (non-hydrogen) atoms. The molecule has 0 aliphatic carbocycles. The van der Waals surface area contributed by atoms with Gasteiger partial charge in [0, 0.05) is 0 Å². The fourth-order valence-electron chi connectivity index (χ4n) is 0.881. The third-order valence-electron chi connectivity index (χ3n) is 1.26. The number of hydrogen-bond donors (Lipinski definition) is 2. The third kappa shape index (κ3) is 7.81. The van der Waals surface area contributed by atoms with Gasteiger partial charge < -0.3 is 13.1 Å². The van der Waals surface area contributed by atoms with Crippen molar-refractivity contribution in [2.45, 2.75) is 26.7 Å². The summed E-state index contributed by atoms with van der Waals surface area (Å²) < 4.78 is 0. The van der Waals surface area contributed by atoms with Gasteiger partial charge in [0.1, 0.15) is 0 Å². The van der Waals surface area contributed by atoms with Crippen LogP contribution in [-0.2, 0) is 9.59 Å². The first-order valence-corrected chi connectivity index (χ1v) is 3.27. The molecule has 4 nitrogen and oxygen atoms in total. The van der Waals surface area contributed by atoms with Crippen LogP contribution in [0.3, 0.4) is 0 Å². The smallest absolute Gasteiger partial charge is 1.00 e. The molecule has 0 aromatic rings. The van der Waals surface area contributed by atoms with Crippen LogP contribution in [0.2, 0.25) is 0 Å². The second kappa shape index (κ2) is 5.37. The summed E-state index contributed by atoms with van der Waals surface area (Å²) in [6, 6.07) is 0. The maximum Gasteiger partial charge on any atom is 2.00 e. The maximum absolute atomic E-state index is 10.2. The molecule has 0 amide bonds. The molecule has 0 radical (unpaired) electrons. The van der Waals surface area contributed by atoms with Gasteiger partial charge in [-0.3, -0.25) is 9.59 Å². The van der Waals surface area contributed by atoms with Crippen molar-refractivity contribution in [1.29, 1.82) is 0 Å². The van der Waals surface area contributed by atoms with E-state index in [4.69, 9.17) is 10.2 Å². The van der Waals surface area contributed by atoms with Gasteiger partial charge in [0.05, 0.1) is 12.8 Å². The molecule has 2 N–H and O–H groups in total. The van der Waals surface area contributed by atoms with Crippen LogP contribution < -0.4 is 0 Å². The van der Waals surface area contributed by atoms with Gasteiger partial charge in [0.15, 0.2) is 0 Å². The zero-order valence-corrected chi connectivity index (χ0v) is 8.75. The fourth-order valence-corrected chi connectivity index (χ4v) is 0.881. The van der Waals surface area contributed by atoms with Gasteiger partial charge in [-0.05, 0) is 5.41 Å². The van der Waals surface area contributed by atoms with Crippen LogP contribution in [0.4, 0.5) is 0 Å². The van der Waals surface area contributed by atoms with Crippen molar-refractivity contribution < 1.29 is 22.7 Å². The minimum absolute atomic E-state index is 0. The van der Waals surface area contributed by atoms with Crippen LogP contribution in [0.15, 0.2) is 0 Å². The van der Waals surface area contributed by atoms with Crippen molar-refractivity contribution in [3.05, 3.63) is 0 Å². The molecule has 0 aliphatic heterocycles. The van der Waals surface area contributed by atoms with E-state index in [-0.39, 0.29) is 38.7 Å². The Morgan fingerprint density at radius 1 is 1.17 bits per heavy atom. The van der Waals surface area contributed by atoms with E-state index >= 15 is 0 Å². The third-order valence-corrected chi connectivity index (χ3v) is 1.26. The van der Waals surface area contributed by atoms with Crippen LogP contribution in [0.25, 0.3) is 0 Å². The van der Waals surface area contributed by atoms with Crippen molar-refractivity contribution in [1.82, 2.24) is 0 Å². The second-order valence-electron chi connectivity index (χ2n) is 3.31. The Morgan fingerprint density at radius 2 is 1.42 bits per heavy atom. The molecule has 0 saturated heterocycles. The molecule has 0 heterocycles. The van der Waals surface area contributed by atoms with Gasteiger partial charge in [-0.15, -0.1) is 0 Å². The number of hydrogen-bond acceptors (Lipinski definition) is 2. The Labute approximate surface area is 90.1 Å². The van der Waals surface area contributed by atoms with E-state index in [2.05, 4.69) is 0 Å². The van der Waals surface area contributed by atoms with Gasteiger partial charge in [-0.25, -0.2) is 0 Å². The van der Waals surface area contributed by atoms with Gasteiger partial charge in [-0.1, -0.05) is 13.8 Å². The molecule has 0 aromatic heterocycles. The monoisotopic (exact) mass is 186 g/mol. The largest absolute Gasteiger partial charge is 2.00 e. The summed E-state index contributed by atoms with van der Waals surface area (Å²) in [6.07, 6.45) is -0.224. The Kier molecular flexibility index (Phi) is 6.37. The van der Waals surface area contributed by atoms with E-state index < -0.39 is 17.4 Å². The average Bonchev–Trinajstić information content (AvgIpc) is 1.53. The summed E-state index contributed by atoms with van der Waals surface area (Å²) in [5.41, 5.74) is -0.655. The zero-order chi connectivity index (χ0) is 9.07.